The monoisotopic (exact) mass is 211 g/mol. The van der Waals surface area contributed by atoms with Gasteiger partial charge >= 0.3 is 0 Å². The molecule has 1 N–H and O–H groups in total. The van der Waals surface area contributed by atoms with Crippen LogP contribution in [0.2, 0.25) is 0 Å². The van der Waals surface area contributed by atoms with Gasteiger partial charge in [-0.2, -0.15) is 0 Å². The molecule has 0 saturated heterocycles. The normalized spacial score (nSPS) is 13.8. The molecule has 2 heteroatoms. The van der Waals surface area contributed by atoms with E-state index in [0.29, 0.717) is 0 Å². The average Bonchev–Trinajstić information content (AvgIpc) is 2.50. The van der Waals surface area contributed by atoms with E-state index in [0.717, 1.165) is 24.8 Å². The number of hydrogen-bond acceptors (Lipinski definition) is 1. The first-order valence-electron chi connectivity index (χ1n) is 5.61. The van der Waals surface area contributed by atoms with Crippen molar-refractivity contribution < 1.29 is 0 Å². The summed E-state index contributed by atoms with van der Waals surface area (Å²) in [6, 6.07) is 10.4. The van der Waals surface area contributed by atoms with Crippen LogP contribution in [0.15, 0.2) is 41.3 Å². The van der Waals surface area contributed by atoms with Crippen LogP contribution >= 0.6 is 0 Å². The Bertz CT molecular complexity index is 583. The summed E-state index contributed by atoms with van der Waals surface area (Å²) in [5.74, 6) is 0. The highest BCUT2D eigenvalue weighted by molar-refractivity contribution is 5.38. The van der Waals surface area contributed by atoms with Crippen LogP contribution < -0.4 is 5.56 Å². The van der Waals surface area contributed by atoms with Gasteiger partial charge in [-0.1, -0.05) is 24.3 Å². The molecule has 0 radical (unpaired) electrons. The predicted octanol–water partition coefficient (Wildman–Crippen LogP) is 2.06. The van der Waals surface area contributed by atoms with Crippen molar-refractivity contribution in [2.75, 3.05) is 0 Å². The first-order valence-corrected chi connectivity index (χ1v) is 5.61. The maximum absolute atomic E-state index is 11.8. The van der Waals surface area contributed by atoms with Gasteiger partial charge in [0.05, 0.1) is 0 Å². The number of pyridine rings is 1. The van der Waals surface area contributed by atoms with Crippen molar-refractivity contribution in [3.63, 3.8) is 0 Å². The fourth-order valence-corrected chi connectivity index (χ4v) is 2.41. The van der Waals surface area contributed by atoms with E-state index < -0.39 is 0 Å². The Balaban J connectivity index is 2.17. The Kier molecular flexibility index (Phi) is 2.13. The number of aryl methyl sites for hydroxylation is 2. The van der Waals surface area contributed by atoms with Gasteiger partial charge in [-0.25, -0.2) is 0 Å². The lowest BCUT2D eigenvalue weighted by Crippen LogP contribution is -2.14. The summed E-state index contributed by atoms with van der Waals surface area (Å²) < 4.78 is 0. The standard InChI is InChI=1S/C14H13NO/c16-14-13-9-12-4-2-1-3-10(12)5-6-11(13)7-8-15-14/h1-4,7-8H,5-6,9H2,(H,15,16). The van der Waals surface area contributed by atoms with Gasteiger partial charge in [0.1, 0.15) is 0 Å². The van der Waals surface area contributed by atoms with Crippen molar-refractivity contribution >= 4 is 0 Å². The van der Waals surface area contributed by atoms with E-state index in [9.17, 15) is 4.79 Å². The SMILES string of the molecule is O=c1[nH]ccc2c1Cc1ccccc1CC2. The van der Waals surface area contributed by atoms with E-state index in [-0.39, 0.29) is 5.56 Å². The molecular weight excluding hydrogens is 198 g/mol. The van der Waals surface area contributed by atoms with E-state index in [1.54, 1.807) is 6.20 Å². The van der Waals surface area contributed by atoms with Crippen molar-refractivity contribution in [2.45, 2.75) is 19.3 Å². The molecule has 0 atom stereocenters. The molecule has 2 nitrogen and oxygen atoms in total. The van der Waals surface area contributed by atoms with Gasteiger partial charge in [-0.15, -0.1) is 0 Å². The van der Waals surface area contributed by atoms with E-state index in [1.165, 1.54) is 16.7 Å². The Hall–Kier alpha value is -1.83. The van der Waals surface area contributed by atoms with Crippen LogP contribution in [0.4, 0.5) is 0 Å². The summed E-state index contributed by atoms with van der Waals surface area (Å²) in [5.41, 5.74) is 4.86. The van der Waals surface area contributed by atoms with E-state index in [1.807, 2.05) is 12.1 Å². The Morgan fingerprint density at radius 3 is 2.56 bits per heavy atom. The highest BCUT2D eigenvalue weighted by Crippen LogP contribution is 2.21. The van der Waals surface area contributed by atoms with Crippen LogP contribution in [0.3, 0.4) is 0 Å². The zero-order valence-electron chi connectivity index (χ0n) is 8.99. The second-order valence-electron chi connectivity index (χ2n) is 4.26. The van der Waals surface area contributed by atoms with Crippen molar-refractivity contribution in [1.29, 1.82) is 0 Å². The van der Waals surface area contributed by atoms with Crippen LogP contribution in [0.1, 0.15) is 22.3 Å². The molecular formula is C14H13NO. The summed E-state index contributed by atoms with van der Waals surface area (Å²) in [7, 11) is 0. The van der Waals surface area contributed by atoms with E-state index in [4.69, 9.17) is 0 Å². The number of rotatable bonds is 0. The van der Waals surface area contributed by atoms with Crippen LogP contribution in [0, 0.1) is 0 Å². The largest absolute Gasteiger partial charge is 0.329 e. The highest BCUT2D eigenvalue weighted by Gasteiger charge is 2.14. The summed E-state index contributed by atoms with van der Waals surface area (Å²) in [5, 5.41) is 0. The molecule has 0 saturated carbocycles. The van der Waals surface area contributed by atoms with Crippen molar-refractivity contribution in [3.05, 3.63) is 69.1 Å². The third-order valence-corrected chi connectivity index (χ3v) is 3.31. The number of H-pyrrole nitrogens is 1. The van der Waals surface area contributed by atoms with Crippen molar-refractivity contribution in [3.8, 4) is 0 Å². The first-order chi connectivity index (χ1) is 7.84. The zero-order valence-corrected chi connectivity index (χ0v) is 8.99. The third kappa shape index (κ3) is 1.47. The van der Waals surface area contributed by atoms with Crippen LogP contribution in [-0.2, 0) is 19.3 Å². The molecule has 3 rings (SSSR count). The molecule has 1 aliphatic rings. The van der Waals surface area contributed by atoms with Gasteiger partial charge in [0.15, 0.2) is 0 Å². The summed E-state index contributed by atoms with van der Waals surface area (Å²) in [6.07, 6.45) is 4.52. The van der Waals surface area contributed by atoms with Crippen LogP contribution in [-0.4, -0.2) is 4.98 Å². The number of fused-ring (bicyclic) bond motifs is 2. The molecule has 0 amide bonds. The summed E-state index contributed by atoms with van der Waals surface area (Å²) >= 11 is 0. The lowest BCUT2D eigenvalue weighted by molar-refractivity contribution is 0.954. The van der Waals surface area contributed by atoms with Crippen LogP contribution in [0.25, 0.3) is 0 Å². The molecule has 0 aliphatic heterocycles. The van der Waals surface area contributed by atoms with Gasteiger partial charge in [-0.3, -0.25) is 4.79 Å². The maximum Gasteiger partial charge on any atom is 0.251 e. The van der Waals surface area contributed by atoms with Gasteiger partial charge < -0.3 is 4.98 Å². The molecule has 1 aromatic carbocycles. The third-order valence-electron chi connectivity index (χ3n) is 3.31. The molecule has 1 aromatic heterocycles. The molecule has 2 aromatic rings. The van der Waals surface area contributed by atoms with Gasteiger partial charge in [0.2, 0.25) is 0 Å². The minimum Gasteiger partial charge on any atom is -0.329 e. The quantitative estimate of drug-likeness (QED) is 0.711. The molecule has 0 spiro atoms. The lowest BCUT2D eigenvalue weighted by Gasteiger charge is -2.03. The van der Waals surface area contributed by atoms with Gasteiger partial charge in [0.25, 0.3) is 5.56 Å². The van der Waals surface area contributed by atoms with E-state index >= 15 is 0 Å². The first kappa shape index (κ1) is 9.40. The molecule has 16 heavy (non-hydrogen) atoms. The van der Waals surface area contributed by atoms with Crippen molar-refractivity contribution in [2.24, 2.45) is 0 Å². The minimum atomic E-state index is 0.0641. The molecule has 0 unspecified atom stereocenters. The number of benzene rings is 1. The fraction of sp³-hybridized carbons (Fsp3) is 0.214. The molecule has 0 bridgehead atoms. The maximum atomic E-state index is 11.8. The predicted molar refractivity (Wildman–Crippen MR) is 63.7 cm³/mol. The molecule has 0 fully saturated rings. The zero-order chi connectivity index (χ0) is 11.0. The van der Waals surface area contributed by atoms with Crippen LogP contribution in [0.5, 0.6) is 0 Å². The Labute approximate surface area is 94.0 Å². The average molecular weight is 211 g/mol. The summed E-state index contributed by atoms with van der Waals surface area (Å²) in [4.78, 5) is 14.5. The number of aromatic amines is 1. The van der Waals surface area contributed by atoms with E-state index in [2.05, 4.69) is 23.2 Å². The summed E-state index contributed by atoms with van der Waals surface area (Å²) in [6.45, 7) is 0. The second-order valence-corrected chi connectivity index (χ2v) is 4.26. The highest BCUT2D eigenvalue weighted by atomic mass is 16.1. The van der Waals surface area contributed by atoms with Gasteiger partial charge in [-0.05, 0) is 35.6 Å². The number of aromatic nitrogens is 1. The van der Waals surface area contributed by atoms with Gasteiger partial charge in [0, 0.05) is 18.2 Å². The number of hydrogen-bond donors (Lipinski definition) is 1. The smallest absolute Gasteiger partial charge is 0.251 e. The van der Waals surface area contributed by atoms with Crippen molar-refractivity contribution in [1.82, 2.24) is 4.98 Å². The minimum absolute atomic E-state index is 0.0641. The second kappa shape index (κ2) is 3.63. The molecule has 1 heterocycles. The number of nitrogens with one attached hydrogen (secondary N) is 1. The molecule has 1 aliphatic carbocycles. The molecule has 80 valence electrons. The Morgan fingerprint density at radius 2 is 1.69 bits per heavy atom. The topological polar surface area (TPSA) is 32.9 Å². The fourth-order valence-electron chi connectivity index (χ4n) is 2.41. The lowest BCUT2D eigenvalue weighted by atomic mass is 10.0. The Morgan fingerprint density at radius 1 is 0.938 bits per heavy atom.